The molecule has 1 aromatic heterocycles. The van der Waals surface area contributed by atoms with Crippen LogP contribution in [-0.2, 0) is 4.79 Å². The number of nitrogens with zero attached hydrogens (tertiary/aromatic N) is 1. The summed E-state index contributed by atoms with van der Waals surface area (Å²) in [5, 5.41) is 6.01. The van der Waals surface area contributed by atoms with Gasteiger partial charge in [0.15, 0.2) is 0 Å². The Morgan fingerprint density at radius 3 is 2.88 bits per heavy atom. The molecule has 1 rings (SSSR count). The van der Waals surface area contributed by atoms with Crippen LogP contribution in [0.1, 0.15) is 25.8 Å². The third-order valence-corrected chi connectivity index (χ3v) is 2.78. The fourth-order valence-corrected chi connectivity index (χ4v) is 2.00. The van der Waals surface area contributed by atoms with Gasteiger partial charge in [-0.15, -0.1) is 0 Å². The van der Waals surface area contributed by atoms with Crippen molar-refractivity contribution in [1.29, 1.82) is 0 Å². The van der Waals surface area contributed by atoms with Crippen LogP contribution in [0.2, 0.25) is 0 Å². The molecule has 0 aromatic carbocycles. The highest BCUT2D eigenvalue weighted by Gasteiger charge is 2.10. The summed E-state index contributed by atoms with van der Waals surface area (Å²) in [6.45, 7) is 6.80. The lowest BCUT2D eigenvalue weighted by Gasteiger charge is -2.12. The number of halogens is 1. The van der Waals surface area contributed by atoms with Gasteiger partial charge in [-0.25, -0.2) is 4.98 Å². The Morgan fingerprint density at radius 1 is 1.59 bits per heavy atom. The first-order valence-electron chi connectivity index (χ1n) is 5.68. The normalized spacial score (nSPS) is 12.2. The number of carbonyl (C=O) groups excluding carboxylic acids is 1. The minimum absolute atomic E-state index is 0.0172. The second kappa shape index (κ2) is 6.71. The summed E-state index contributed by atoms with van der Waals surface area (Å²) in [5.74, 6) is 0.610. The molecule has 4 nitrogen and oxygen atoms in total. The largest absolute Gasteiger partial charge is 0.314 e. The molecule has 17 heavy (non-hydrogen) atoms. The molecule has 1 unspecified atom stereocenters. The standard InChI is InChI=1S/C12H18BrN3O/c1-4-14-9(3)6-11(17)16-12-8(2)5-10(13)7-15-12/h5,7,9,14H,4,6H2,1-3H3,(H,15,16,17). The lowest BCUT2D eigenvalue weighted by molar-refractivity contribution is -0.116. The third kappa shape index (κ3) is 4.83. The van der Waals surface area contributed by atoms with Crippen LogP contribution >= 0.6 is 15.9 Å². The second-order valence-corrected chi connectivity index (χ2v) is 4.95. The van der Waals surface area contributed by atoms with Gasteiger partial charge in [0.25, 0.3) is 0 Å². The fourth-order valence-electron chi connectivity index (χ4n) is 1.55. The number of pyridine rings is 1. The molecule has 1 amide bonds. The van der Waals surface area contributed by atoms with Crippen molar-refractivity contribution in [2.75, 3.05) is 11.9 Å². The summed E-state index contributed by atoms with van der Waals surface area (Å²) in [5.41, 5.74) is 0.948. The van der Waals surface area contributed by atoms with E-state index in [4.69, 9.17) is 0 Å². The zero-order chi connectivity index (χ0) is 12.8. The van der Waals surface area contributed by atoms with Crippen LogP contribution in [0.4, 0.5) is 5.82 Å². The maximum atomic E-state index is 11.7. The number of rotatable bonds is 5. The third-order valence-electron chi connectivity index (χ3n) is 2.35. The van der Waals surface area contributed by atoms with E-state index in [2.05, 4.69) is 31.5 Å². The molecule has 0 aliphatic rings. The van der Waals surface area contributed by atoms with Crippen molar-refractivity contribution in [3.63, 3.8) is 0 Å². The second-order valence-electron chi connectivity index (χ2n) is 4.03. The Balaban J connectivity index is 2.56. The van der Waals surface area contributed by atoms with Crippen molar-refractivity contribution in [3.8, 4) is 0 Å². The molecule has 1 atom stereocenters. The van der Waals surface area contributed by atoms with Crippen LogP contribution in [0.3, 0.4) is 0 Å². The van der Waals surface area contributed by atoms with Gasteiger partial charge in [0.1, 0.15) is 5.82 Å². The van der Waals surface area contributed by atoms with Gasteiger partial charge >= 0.3 is 0 Å². The smallest absolute Gasteiger partial charge is 0.227 e. The van der Waals surface area contributed by atoms with Gasteiger partial charge in [-0.3, -0.25) is 4.79 Å². The first-order chi connectivity index (χ1) is 8.02. The summed E-state index contributed by atoms with van der Waals surface area (Å²) in [6.07, 6.45) is 2.13. The first-order valence-corrected chi connectivity index (χ1v) is 6.47. The number of hydrogen-bond donors (Lipinski definition) is 2. The van der Waals surface area contributed by atoms with E-state index >= 15 is 0 Å². The maximum Gasteiger partial charge on any atom is 0.227 e. The summed E-state index contributed by atoms with van der Waals surface area (Å²) >= 11 is 3.34. The maximum absolute atomic E-state index is 11.7. The van der Waals surface area contributed by atoms with E-state index in [1.54, 1.807) is 6.20 Å². The lowest BCUT2D eigenvalue weighted by Crippen LogP contribution is -2.30. The number of amides is 1. The average molecular weight is 300 g/mol. The Kier molecular flexibility index (Phi) is 5.58. The predicted molar refractivity (Wildman–Crippen MR) is 73.1 cm³/mol. The number of aromatic nitrogens is 1. The Bertz CT molecular complexity index is 395. The number of anilines is 1. The Morgan fingerprint density at radius 2 is 2.29 bits per heavy atom. The van der Waals surface area contributed by atoms with Crippen LogP contribution in [0.15, 0.2) is 16.7 Å². The molecule has 2 N–H and O–H groups in total. The number of hydrogen-bond acceptors (Lipinski definition) is 3. The number of nitrogens with one attached hydrogen (secondary N) is 2. The molecule has 1 heterocycles. The highest BCUT2D eigenvalue weighted by Crippen LogP contribution is 2.16. The molecule has 0 bridgehead atoms. The van der Waals surface area contributed by atoms with Crippen LogP contribution in [-0.4, -0.2) is 23.5 Å². The van der Waals surface area contributed by atoms with Crippen molar-refractivity contribution in [1.82, 2.24) is 10.3 Å². The van der Waals surface area contributed by atoms with Gasteiger partial charge in [-0.1, -0.05) is 6.92 Å². The van der Waals surface area contributed by atoms with E-state index in [-0.39, 0.29) is 11.9 Å². The van der Waals surface area contributed by atoms with E-state index in [0.29, 0.717) is 12.2 Å². The summed E-state index contributed by atoms with van der Waals surface area (Å²) in [4.78, 5) is 15.9. The van der Waals surface area contributed by atoms with Crippen LogP contribution < -0.4 is 10.6 Å². The van der Waals surface area contributed by atoms with Crippen LogP contribution in [0, 0.1) is 6.92 Å². The van der Waals surface area contributed by atoms with Crippen molar-refractivity contribution in [2.24, 2.45) is 0 Å². The molecule has 0 radical (unpaired) electrons. The summed E-state index contributed by atoms with van der Waals surface area (Å²) < 4.78 is 0.911. The Hall–Kier alpha value is -0.940. The molecular weight excluding hydrogens is 282 g/mol. The minimum atomic E-state index is -0.0172. The van der Waals surface area contributed by atoms with E-state index < -0.39 is 0 Å². The highest BCUT2D eigenvalue weighted by molar-refractivity contribution is 9.10. The van der Waals surface area contributed by atoms with E-state index in [0.717, 1.165) is 16.6 Å². The van der Waals surface area contributed by atoms with Crippen molar-refractivity contribution < 1.29 is 4.79 Å². The molecule has 5 heteroatoms. The van der Waals surface area contributed by atoms with E-state index in [1.807, 2.05) is 26.8 Å². The lowest BCUT2D eigenvalue weighted by atomic mass is 10.2. The molecule has 1 aromatic rings. The van der Waals surface area contributed by atoms with Crippen LogP contribution in [0.5, 0.6) is 0 Å². The van der Waals surface area contributed by atoms with Crippen molar-refractivity contribution in [2.45, 2.75) is 33.2 Å². The van der Waals surface area contributed by atoms with E-state index in [9.17, 15) is 4.79 Å². The molecule has 0 spiro atoms. The molecule has 0 aliphatic heterocycles. The van der Waals surface area contributed by atoms with Gasteiger partial charge in [-0.2, -0.15) is 0 Å². The highest BCUT2D eigenvalue weighted by atomic mass is 79.9. The van der Waals surface area contributed by atoms with E-state index in [1.165, 1.54) is 0 Å². The SMILES string of the molecule is CCNC(C)CC(=O)Nc1ncc(Br)cc1C. The molecule has 94 valence electrons. The number of aryl methyl sites for hydroxylation is 1. The zero-order valence-corrected chi connectivity index (χ0v) is 12.0. The van der Waals surface area contributed by atoms with Gasteiger partial charge in [0.05, 0.1) is 0 Å². The number of carbonyl (C=O) groups is 1. The Labute approximate surface area is 110 Å². The molecule has 0 fully saturated rings. The zero-order valence-electron chi connectivity index (χ0n) is 10.4. The summed E-state index contributed by atoms with van der Waals surface area (Å²) in [7, 11) is 0. The molecule has 0 saturated carbocycles. The van der Waals surface area contributed by atoms with Crippen LogP contribution in [0.25, 0.3) is 0 Å². The molecule has 0 aliphatic carbocycles. The fraction of sp³-hybridized carbons (Fsp3) is 0.500. The van der Waals surface area contributed by atoms with Crippen molar-refractivity contribution >= 4 is 27.7 Å². The monoisotopic (exact) mass is 299 g/mol. The topological polar surface area (TPSA) is 54.0 Å². The van der Waals surface area contributed by atoms with Gasteiger partial charge in [0.2, 0.25) is 5.91 Å². The van der Waals surface area contributed by atoms with Gasteiger partial charge < -0.3 is 10.6 Å². The quantitative estimate of drug-likeness (QED) is 0.878. The van der Waals surface area contributed by atoms with Crippen molar-refractivity contribution in [3.05, 3.63) is 22.3 Å². The van der Waals surface area contributed by atoms with Gasteiger partial charge in [-0.05, 0) is 48.0 Å². The first kappa shape index (κ1) is 14.1. The minimum Gasteiger partial charge on any atom is -0.314 e. The predicted octanol–water partition coefficient (Wildman–Crippen LogP) is 2.48. The summed E-state index contributed by atoms with van der Waals surface area (Å²) in [6, 6.07) is 2.10. The van der Waals surface area contributed by atoms with Gasteiger partial charge in [0, 0.05) is 23.1 Å². The molecular formula is C12H18BrN3O. The molecule has 0 saturated heterocycles. The average Bonchev–Trinajstić information content (AvgIpc) is 2.22.